The molecule has 4 nitrogen and oxygen atoms in total. The van der Waals surface area contributed by atoms with Gasteiger partial charge in [0.15, 0.2) is 0 Å². The summed E-state index contributed by atoms with van der Waals surface area (Å²) in [4.78, 5) is 2.02. The second-order valence-electron chi connectivity index (χ2n) is 3.09. The standard InChI is InChI=1S/C8H18N2O2/c1-11-8(9,12-2)10-6-4-3-5-7-10/h3-7,9H2,1-2H3. The lowest BCUT2D eigenvalue weighted by Gasteiger charge is -2.39. The molecule has 0 bridgehead atoms. The molecule has 0 saturated carbocycles. The van der Waals surface area contributed by atoms with Crippen molar-refractivity contribution in [1.82, 2.24) is 4.90 Å². The first-order chi connectivity index (χ1) is 5.73. The van der Waals surface area contributed by atoms with Gasteiger partial charge >= 0.3 is 0 Å². The van der Waals surface area contributed by atoms with Crippen molar-refractivity contribution in [2.75, 3.05) is 27.3 Å². The van der Waals surface area contributed by atoms with Crippen molar-refractivity contribution in [2.24, 2.45) is 5.73 Å². The minimum atomic E-state index is -1.01. The lowest BCUT2D eigenvalue weighted by Crippen LogP contribution is -2.60. The molecular formula is C8H18N2O2. The maximum atomic E-state index is 5.85. The van der Waals surface area contributed by atoms with Crippen LogP contribution in [0.5, 0.6) is 0 Å². The highest BCUT2D eigenvalue weighted by Crippen LogP contribution is 2.17. The van der Waals surface area contributed by atoms with Gasteiger partial charge < -0.3 is 9.47 Å². The monoisotopic (exact) mass is 174 g/mol. The SMILES string of the molecule is COC(N)(OC)N1CCCCC1. The van der Waals surface area contributed by atoms with E-state index in [1.54, 1.807) is 14.2 Å². The number of hydrogen-bond donors (Lipinski definition) is 1. The fourth-order valence-corrected chi connectivity index (χ4v) is 1.55. The molecule has 4 heteroatoms. The Balaban J connectivity index is 2.51. The van der Waals surface area contributed by atoms with Crippen LogP contribution < -0.4 is 5.73 Å². The molecule has 1 fully saturated rings. The summed E-state index contributed by atoms with van der Waals surface area (Å²) in [6.07, 6.45) is 3.62. The lowest BCUT2D eigenvalue weighted by molar-refractivity contribution is -0.295. The summed E-state index contributed by atoms with van der Waals surface area (Å²) in [5.74, 6) is 0. The quantitative estimate of drug-likeness (QED) is 0.627. The first-order valence-corrected chi connectivity index (χ1v) is 4.37. The number of rotatable bonds is 3. The van der Waals surface area contributed by atoms with Crippen LogP contribution in [0, 0.1) is 0 Å². The third-order valence-electron chi connectivity index (χ3n) is 2.38. The average molecular weight is 174 g/mol. The van der Waals surface area contributed by atoms with Crippen LogP contribution in [0.15, 0.2) is 0 Å². The van der Waals surface area contributed by atoms with Crippen molar-refractivity contribution in [3.63, 3.8) is 0 Å². The van der Waals surface area contributed by atoms with Crippen LogP contribution in [-0.4, -0.2) is 38.2 Å². The summed E-state index contributed by atoms with van der Waals surface area (Å²) in [5.41, 5.74) is 5.85. The number of nitrogens with zero attached hydrogens (tertiary/aromatic N) is 1. The fourth-order valence-electron chi connectivity index (χ4n) is 1.55. The van der Waals surface area contributed by atoms with E-state index in [4.69, 9.17) is 15.2 Å². The van der Waals surface area contributed by atoms with Crippen LogP contribution in [0.4, 0.5) is 0 Å². The minimum Gasteiger partial charge on any atom is -0.328 e. The third-order valence-corrected chi connectivity index (χ3v) is 2.38. The van der Waals surface area contributed by atoms with E-state index >= 15 is 0 Å². The molecule has 0 spiro atoms. The zero-order chi connectivity index (χ0) is 9.03. The Hall–Kier alpha value is -0.160. The highest BCUT2D eigenvalue weighted by atomic mass is 16.7. The molecule has 0 aromatic rings. The zero-order valence-electron chi connectivity index (χ0n) is 7.88. The molecule has 0 amide bonds. The Morgan fingerprint density at radius 2 is 1.58 bits per heavy atom. The number of piperidine rings is 1. The van der Waals surface area contributed by atoms with E-state index in [2.05, 4.69) is 0 Å². The smallest absolute Gasteiger partial charge is 0.291 e. The van der Waals surface area contributed by atoms with E-state index in [-0.39, 0.29) is 0 Å². The van der Waals surface area contributed by atoms with Crippen LogP contribution >= 0.6 is 0 Å². The summed E-state index contributed by atoms with van der Waals surface area (Å²) < 4.78 is 10.2. The van der Waals surface area contributed by atoms with E-state index in [9.17, 15) is 0 Å². The highest BCUT2D eigenvalue weighted by molar-refractivity contribution is 4.70. The van der Waals surface area contributed by atoms with Crippen molar-refractivity contribution in [1.29, 1.82) is 0 Å². The van der Waals surface area contributed by atoms with Gasteiger partial charge in [0, 0.05) is 27.3 Å². The van der Waals surface area contributed by atoms with Gasteiger partial charge in [0.2, 0.25) is 0 Å². The van der Waals surface area contributed by atoms with E-state index in [1.165, 1.54) is 19.3 Å². The van der Waals surface area contributed by atoms with E-state index < -0.39 is 6.03 Å². The number of hydrogen-bond acceptors (Lipinski definition) is 4. The number of likely N-dealkylation sites (tertiary alicyclic amines) is 1. The molecule has 0 aromatic carbocycles. The molecule has 1 aliphatic rings. The molecule has 0 unspecified atom stereocenters. The van der Waals surface area contributed by atoms with Gasteiger partial charge in [-0.1, -0.05) is 6.42 Å². The van der Waals surface area contributed by atoms with Gasteiger partial charge in [-0.3, -0.25) is 5.73 Å². The van der Waals surface area contributed by atoms with Crippen molar-refractivity contribution >= 4 is 0 Å². The van der Waals surface area contributed by atoms with E-state index in [0.717, 1.165) is 13.1 Å². The van der Waals surface area contributed by atoms with Crippen LogP contribution in [0.2, 0.25) is 0 Å². The van der Waals surface area contributed by atoms with Crippen molar-refractivity contribution in [3.8, 4) is 0 Å². The lowest BCUT2D eigenvalue weighted by atomic mass is 10.1. The Bertz CT molecular complexity index is 131. The molecule has 72 valence electrons. The van der Waals surface area contributed by atoms with Gasteiger partial charge in [0.25, 0.3) is 6.03 Å². The van der Waals surface area contributed by atoms with Crippen LogP contribution in [-0.2, 0) is 9.47 Å². The van der Waals surface area contributed by atoms with Crippen molar-refractivity contribution in [2.45, 2.75) is 25.3 Å². The summed E-state index contributed by atoms with van der Waals surface area (Å²) in [5, 5.41) is 0. The van der Waals surface area contributed by atoms with Crippen LogP contribution in [0.25, 0.3) is 0 Å². The summed E-state index contributed by atoms with van der Waals surface area (Å²) in [7, 11) is 3.14. The Morgan fingerprint density at radius 3 is 2.00 bits per heavy atom. The van der Waals surface area contributed by atoms with Gasteiger partial charge in [-0.2, -0.15) is 0 Å². The molecule has 1 heterocycles. The van der Waals surface area contributed by atoms with Gasteiger partial charge in [-0.25, -0.2) is 4.90 Å². The van der Waals surface area contributed by atoms with Gasteiger partial charge in [-0.15, -0.1) is 0 Å². The molecule has 0 aromatic heterocycles. The minimum absolute atomic E-state index is 0.957. The summed E-state index contributed by atoms with van der Waals surface area (Å²) in [6, 6.07) is -1.01. The Morgan fingerprint density at radius 1 is 1.08 bits per heavy atom. The number of methoxy groups -OCH3 is 2. The third kappa shape index (κ3) is 1.95. The number of ether oxygens (including phenoxy) is 2. The van der Waals surface area contributed by atoms with Gasteiger partial charge in [0.05, 0.1) is 0 Å². The van der Waals surface area contributed by atoms with Crippen molar-refractivity contribution in [3.05, 3.63) is 0 Å². The molecule has 1 rings (SSSR count). The second kappa shape index (κ2) is 4.18. The molecule has 2 N–H and O–H groups in total. The Kier molecular flexibility index (Phi) is 3.46. The van der Waals surface area contributed by atoms with Gasteiger partial charge in [0.1, 0.15) is 0 Å². The largest absolute Gasteiger partial charge is 0.328 e. The van der Waals surface area contributed by atoms with E-state index in [1.807, 2.05) is 4.90 Å². The molecule has 1 aliphatic heterocycles. The number of nitrogens with two attached hydrogens (primary N) is 1. The predicted octanol–water partition coefficient (Wildman–Crippen LogP) is 0.335. The summed E-state index contributed by atoms with van der Waals surface area (Å²) >= 11 is 0. The summed E-state index contributed by atoms with van der Waals surface area (Å²) in [6.45, 7) is 1.91. The first-order valence-electron chi connectivity index (χ1n) is 4.37. The van der Waals surface area contributed by atoms with Crippen LogP contribution in [0.3, 0.4) is 0 Å². The Labute approximate surface area is 73.6 Å². The molecule has 12 heavy (non-hydrogen) atoms. The normalized spacial score (nSPS) is 21.2. The van der Waals surface area contributed by atoms with E-state index in [0.29, 0.717) is 0 Å². The van der Waals surface area contributed by atoms with Gasteiger partial charge in [-0.05, 0) is 12.8 Å². The molecule has 1 saturated heterocycles. The predicted molar refractivity (Wildman–Crippen MR) is 46.4 cm³/mol. The maximum absolute atomic E-state index is 5.85. The molecule has 0 atom stereocenters. The van der Waals surface area contributed by atoms with Crippen LogP contribution in [0.1, 0.15) is 19.3 Å². The first kappa shape index (κ1) is 9.92. The maximum Gasteiger partial charge on any atom is 0.291 e. The molecule has 0 aliphatic carbocycles. The average Bonchev–Trinajstić information content (AvgIpc) is 2.18. The highest BCUT2D eigenvalue weighted by Gasteiger charge is 2.33. The fraction of sp³-hybridized carbons (Fsp3) is 1.00. The zero-order valence-corrected chi connectivity index (χ0v) is 7.88. The molecule has 0 radical (unpaired) electrons. The second-order valence-corrected chi connectivity index (χ2v) is 3.09. The molecular weight excluding hydrogens is 156 g/mol. The van der Waals surface area contributed by atoms with Crippen molar-refractivity contribution < 1.29 is 9.47 Å². The topological polar surface area (TPSA) is 47.7 Å².